The first-order valence-corrected chi connectivity index (χ1v) is 5.02. The van der Waals surface area contributed by atoms with E-state index in [1.807, 2.05) is 0 Å². The number of halogens is 2. The van der Waals surface area contributed by atoms with Gasteiger partial charge in [-0.2, -0.15) is 5.10 Å². The first kappa shape index (κ1) is 11.5. The third kappa shape index (κ3) is 2.79. The molecule has 0 spiro atoms. The second-order valence-corrected chi connectivity index (χ2v) is 3.62. The lowest BCUT2D eigenvalue weighted by Gasteiger charge is -2.05. The SMILES string of the molecule is Oc1c(F)cc(CNCc2cn[nH]c2)cc1F. The number of aromatic hydroxyl groups is 1. The summed E-state index contributed by atoms with van der Waals surface area (Å²) < 4.78 is 26.0. The summed E-state index contributed by atoms with van der Waals surface area (Å²) in [4.78, 5) is 0. The highest BCUT2D eigenvalue weighted by Crippen LogP contribution is 2.21. The molecule has 0 aliphatic rings. The Bertz CT molecular complexity index is 476. The average Bonchev–Trinajstić information content (AvgIpc) is 2.79. The van der Waals surface area contributed by atoms with Crippen LogP contribution in [0.1, 0.15) is 11.1 Å². The average molecular weight is 239 g/mol. The highest BCUT2D eigenvalue weighted by molar-refractivity contribution is 5.29. The molecule has 0 unspecified atom stereocenters. The topological polar surface area (TPSA) is 60.9 Å². The van der Waals surface area contributed by atoms with Crippen LogP contribution in [0.4, 0.5) is 8.78 Å². The van der Waals surface area contributed by atoms with Gasteiger partial charge < -0.3 is 10.4 Å². The normalized spacial score (nSPS) is 10.7. The predicted octanol–water partition coefficient (Wildman–Crippen LogP) is 1.68. The van der Waals surface area contributed by atoms with Crippen LogP contribution >= 0.6 is 0 Å². The van der Waals surface area contributed by atoms with Crippen molar-refractivity contribution in [1.29, 1.82) is 0 Å². The molecule has 6 heteroatoms. The second-order valence-electron chi connectivity index (χ2n) is 3.62. The molecule has 0 bridgehead atoms. The molecule has 3 N–H and O–H groups in total. The summed E-state index contributed by atoms with van der Waals surface area (Å²) in [5.74, 6) is -2.85. The van der Waals surface area contributed by atoms with Crippen molar-refractivity contribution in [2.75, 3.05) is 0 Å². The third-order valence-electron chi connectivity index (χ3n) is 2.29. The van der Waals surface area contributed by atoms with Gasteiger partial charge in [0, 0.05) is 24.8 Å². The van der Waals surface area contributed by atoms with Crippen molar-refractivity contribution in [2.24, 2.45) is 0 Å². The highest BCUT2D eigenvalue weighted by Gasteiger charge is 2.09. The molecule has 1 heterocycles. The fourth-order valence-electron chi connectivity index (χ4n) is 1.45. The summed E-state index contributed by atoms with van der Waals surface area (Å²) in [7, 11) is 0. The maximum absolute atomic E-state index is 13.0. The van der Waals surface area contributed by atoms with Gasteiger partial charge in [-0.15, -0.1) is 0 Å². The van der Waals surface area contributed by atoms with Gasteiger partial charge in [0.25, 0.3) is 0 Å². The zero-order valence-corrected chi connectivity index (χ0v) is 8.87. The molecule has 0 aliphatic heterocycles. The van der Waals surface area contributed by atoms with Crippen molar-refractivity contribution in [3.63, 3.8) is 0 Å². The Kier molecular flexibility index (Phi) is 3.34. The highest BCUT2D eigenvalue weighted by atomic mass is 19.1. The van der Waals surface area contributed by atoms with Crippen LogP contribution in [0, 0.1) is 11.6 Å². The molecule has 0 radical (unpaired) electrons. The minimum absolute atomic E-state index is 0.305. The number of hydrogen-bond acceptors (Lipinski definition) is 3. The number of hydrogen-bond donors (Lipinski definition) is 3. The Hall–Kier alpha value is -1.95. The van der Waals surface area contributed by atoms with Crippen molar-refractivity contribution in [1.82, 2.24) is 15.5 Å². The Morgan fingerprint density at radius 2 is 1.82 bits per heavy atom. The number of aromatic amines is 1. The number of nitrogens with one attached hydrogen (secondary N) is 2. The van der Waals surface area contributed by atoms with Gasteiger partial charge in [-0.1, -0.05) is 0 Å². The van der Waals surface area contributed by atoms with Crippen LogP contribution in [-0.4, -0.2) is 15.3 Å². The van der Waals surface area contributed by atoms with Crippen LogP contribution in [0.15, 0.2) is 24.5 Å². The fraction of sp³-hybridized carbons (Fsp3) is 0.182. The smallest absolute Gasteiger partial charge is 0.187 e. The quantitative estimate of drug-likeness (QED) is 0.760. The molecule has 1 aromatic heterocycles. The number of phenols is 1. The maximum Gasteiger partial charge on any atom is 0.187 e. The van der Waals surface area contributed by atoms with E-state index in [4.69, 9.17) is 5.11 Å². The molecule has 0 saturated carbocycles. The van der Waals surface area contributed by atoms with Gasteiger partial charge in [0.2, 0.25) is 0 Å². The number of rotatable bonds is 4. The fourth-order valence-corrected chi connectivity index (χ4v) is 1.45. The lowest BCUT2D eigenvalue weighted by molar-refractivity contribution is 0.395. The van der Waals surface area contributed by atoms with Crippen molar-refractivity contribution in [3.8, 4) is 5.75 Å². The van der Waals surface area contributed by atoms with Crippen LogP contribution in [0.3, 0.4) is 0 Å². The Morgan fingerprint density at radius 1 is 1.18 bits per heavy atom. The largest absolute Gasteiger partial charge is 0.503 e. The van der Waals surface area contributed by atoms with E-state index in [1.165, 1.54) is 0 Å². The van der Waals surface area contributed by atoms with Crippen LogP contribution in [0.5, 0.6) is 5.75 Å². The lowest BCUT2D eigenvalue weighted by atomic mass is 10.2. The van der Waals surface area contributed by atoms with Gasteiger partial charge >= 0.3 is 0 Å². The molecule has 0 saturated heterocycles. The Labute approximate surface area is 96.3 Å². The molecular formula is C11H11F2N3O. The molecular weight excluding hydrogens is 228 g/mol. The van der Waals surface area contributed by atoms with E-state index in [1.54, 1.807) is 12.4 Å². The van der Waals surface area contributed by atoms with Gasteiger partial charge in [-0.05, 0) is 17.7 Å². The number of benzene rings is 1. The van der Waals surface area contributed by atoms with E-state index >= 15 is 0 Å². The first-order valence-electron chi connectivity index (χ1n) is 5.02. The van der Waals surface area contributed by atoms with Crippen LogP contribution in [-0.2, 0) is 13.1 Å². The molecule has 4 nitrogen and oxygen atoms in total. The van der Waals surface area contributed by atoms with Crippen molar-refractivity contribution >= 4 is 0 Å². The van der Waals surface area contributed by atoms with E-state index in [0.29, 0.717) is 18.7 Å². The molecule has 2 rings (SSSR count). The van der Waals surface area contributed by atoms with Crippen molar-refractivity contribution in [2.45, 2.75) is 13.1 Å². The van der Waals surface area contributed by atoms with Gasteiger partial charge in [0.15, 0.2) is 17.4 Å². The van der Waals surface area contributed by atoms with Crippen LogP contribution in [0.2, 0.25) is 0 Å². The monoisotopic (exact) mass is 239 g/mol. The summed E-state index contributed by atoms with van der Waals surface area (Å²) in [6.07, 6.45) is 3.38. The predicted molar refractivity (Wildman–Crippen MR) is 57.2 cm³/mol. The minimum Gasteiger partial charge on any atom is -0.503 e. The van der Waals surface area contributed by atoms with Crippen LogP contribution in [0.25, 0.3) is 0 Å². The minimum atomic E-state index is -0.954. The summed E-state index contributed by atoms with van der Waals surface area (Å²) in [6, 6.07) is 2.20. The van der Waals surface area contributed by atoms with Crippen molar-refractivity contribution < 1.29 is 13.9 Å². The van der Waals surface area contributed by atoms with Gasteiger partial charge in [0.1, 0.15) is 0 Å². The molecule has 2 aromatic rings. The summed E-state index contributed by atoms with van der Waals surface area (Å²) in [6.45, 7) is 0.847. The summed E-state index contributed by atoms with van der Waals surface area (Å²) in [5.41, 5.74) is 1.38. The standard InChI is InChI=1S/C11H11F2N3O/c12-9-1-7(2-10(13)11(9)17)3-14-4-8-5-15-16-6-8/h1-2,5-6,14,17H,3-4H2,(H,15,16). The zero-order valence-electron chi connectivity index (χ0n) is 8.87. The maximum atomic E-state index is 13.0. The Morgan fingerprint density at radius 3 is 2.41 bits per heavy atom. The molecule has 0 atom stereocenters. The third-order valence-corrected chi connectivity index (χ3v) is 2.29. The van der Waals surface area contributed by atoms with Crippen molar-refractivity contribution in [3.05, 3.63) is 47.3 Å². The number of phenolic OH excluding ortho intramolecular Hbond substituents is 1. The van der Waals surface area contributed by atoms with E-state index in [2.05, 4.69) is 15.5 Å². The van der Waals surface area contributed by atoms with Gasteiger partial charge in [0.05, 0.1) is 6.20 Å². The van der Waals surface area contributed by atoms with Crippen LogP contribution < -0.4 is 5.32 Å². The number of H-pyrrole nitrogens is 1. The Balaban J connectivity index is 1.95. The van der Waals surface area contributed by atoms with E-state index in [9.17, 15) is 8.78 Å². The first-order chi connectivity index (χ1) is 8.16. The lowest BCUT2D eigenvalue weighted by Crippen LogP contribution is -2.12. The van der Waals surface area contributed by atoms with Gasteiger partial charge in [-0.25, -0.2) is 8.78 Å². The molecule has 17 heavy (non-hydrogen) atoms. The number of aromatic nitrogens is 2. The summed E-state index contributed by atoms with van der Waals surface area (Å²) in [5, 5.41) is 18.4. The van der Waals surface area contributed by atoms with E-state index < -0.39 is 17.4 Å². The molecule has 0 fully saturated rings. The number of nitrogens with zero attached hydrogens (tertiary/aromatic N) is 1. The molecule has 1 aromatic carbocycles. The molecule has 0 aliphatic carbocycles. The molecule has 90 valence electrons. The van der Waals surface area contributed by atoms with Gasteiger partial charge in [-0.3, -0.25) is 5.10 Å². The van der Waals surface area contributed by atoms with E-state index in [0.717, 1.165) is 17.7 Å². The van der Waals surface area contributed by atoms with E-state index in [-0.39, 0.29) is 0 Å². The zero-order chi connectivity index (χ0) is 12.3. The second kappa shape index (κ2) is 4.92. The summed E-state index contributed by atoms with van der Waals surface area (Å²) >= 11 is 0. The molecule has 0 amide bonds.